The molecule has 1 aromatic rings. The fourth-order valence-corrected chi connectivity index (χ4v) is 1.76. The van der Waals surface area contributed by atoms with E-state index < -0.39 is 0 Å². The molecule has 0 N–H and O–H groups in total. The first kappa shape index (κ1) is 12.7. The Balaban J connectivity index is 3.22. The standard InChI is InChI=1S/C15H20O/c1-10(2)15(13(5)16)9-14-8-11(3)6-7-12(14)4/h6-10H,1-5H3/b15-9-. The van der Waals surface area contributed by atoms with Crippen LogP contribution in [0.15, 0.2) is 23.8 Å². The highest BCUT2D eigenvalue weighted by Crippen LogP contribution is 2.19. The average Bonchev–Trinajstić information content (AvgIpc) is 2.18. The van der Waals surface area contributed by atoms with E-state index in [1.54, 1.807) is 6.92 Å². The van der Waals surface area contributed by atoms with Crippen molar-refractivity contribution >= 4 is 11.9 Å². The number of rotatable bonds is 3. The van der Waals surface area contributed by atoms with E-state index in [1.165, 1.54) is 11.1 Å². The maximum Gasteiger partial charge on any atom is 0.156 e. The zero-order valence-electron chi connectivity index (χ0n) is 10.8. The first-order valence-electron chi connectivity index (χ1n) is 5.71. The Morgan fingerprint density at radius 3 is 2.38 bits per heavy atom. The minimum absolute atomic E-state index is 0.163. The Morgan fingerprint density at radius 1 is 1.25 bits per heavy atom. The summed E-state index contributed by atoms with van der Waals surface area (Å²) in [7, 11) is 0. The summed E-state index contributed by atoms with van der Waals surface area (Å²) >= 11 is 0. The van der Waals surface area contributed by atoms with E-state index in [1.807, 2.05) is 6.08 Å². The van der Waals surface area contributed by atoms with Crippen LogP contribution in [0.25, 0.3) is 6.08 Å². The zero-order valence-corrected chi connectivity index (χ0v) is 10.8. The van der Waals surface area contributed by atoms with Crippen LogP contribution in [0, 0.1) is 19.8 Å². The first-order valence-corrected chi connectivity index (χ1v) is 5.71. The number of aryl methyl sites for hydroxylation is 2. The Bertz CT molecular complexity index is 425. The number of hydrogen-bond donors (Lipinski definition) is 0. The molecule has 1 heteroatoms. The molecule has 0 saturated carbocycles. The number of ketones is 1. The monoisotopic (exact) mass is 216 g/mol. The molecule has 0 atom stereocenters. The lowest BCUT2D eigenvalue weighted by atomic mass is 9.95. The van der Waals surface area contributed by atoms with Crippen LogP contribution in [-0.2, 0) is 4.79 Å². The van der Waals surface area contributed by atoms with Gasteiger partial charge in [0.05, 0.1) is 0 Å². The van der Waals surface area contributed by atoms with Crippen molar-refractivity contribution in [3.05, 3.63) is 40.5 Å². The Labute approximate surface area is 98.2 Å². The number of hydrogen-bond acceptors (Lipinski definition) is 1. The summed E-state index contributed by atoms with van der Waals surface area (Å²) in [5, 5.41) is 0. The molecule has 86 valence electrons. The van der Waals surface area contributed by atoms with Crippen molar-refractivity contribution in [3.8, 4) is 0 Å². The molecule has 0 aliphatic rings. The van der Waals surface area contributed by atoms with E-state index in [9.17, 15) is 4.79 Å². The maximum atomic E-state index is 11.5. The van der Waals surface area contributed by atoms with Gasteiger partial charge in [-0.15, -0.1) is 0 Å². The van der Waals surface area contributed by atoms with Crippen molar-refractivity contribution in [3.63, 3.8) is 0 Å². The maximum absolute atomic E-state index is 11.5. The molecule has 1 nitrogen and oxygen atoms in total. The fourth-order valence-electron chi connectivity index (χ4n) is 1.76. The summed E-state index contributed by atoms with van der Waals surface area (Å²) in [4.78, 5) is 11.5. The summed E-state index contributed by atoms with van der Waals surface area (Å²) < 4.78 is 0. The number of allylic oxidation sites excluding steroid dienone is 1. The second-order valence-electron chi connectivity index (χ2n) is 4.67. The molecule has 0 fully saturated rings. The van der Waals surface area contributed by atoms with Crippen LogP contribution in [0.5, 0.6) is 0 Å². The molecule has 0 aliphatic carbocycles. The molecule has 0 aromatic heterocycles. The van der Waals surface area contributed by atoms with Crippen LogP contribution in [0.2, 0.25) is 0 Å². The zero-order chi connectivity index (χ0) is 12.3. The van der Waals surface area contributed by atoms with E-state index in [0.29, 0.717) is 0 Å². The smallest absolute Gasteiger partial charge is 0.156 e. The van der Waals surface area contributed by atoms with Gasteiger partial charge in [0, 0.05) is 0 Å². The van der Waals surface area contributed by atoms with Crippen LogP contribution in [-0.4, -0.2) is 5.78 Å². The lowest BCUT2D eigenvalue weighted by Crippen LogP contribution is -2.04. The van der Waals surface area contributed by atoms with Crippen molar-refractivity contribution in [2.45, 2.75) is 34.6 Å². The largest absolute Gasteiger partial charge is 0.295 e. The summed E-state index contributed by atoms with van der Waals surface area (Å²) in [6, 6.07) is 6.31. The molecular weight excluding hydrogens is 196 g/mol. The van der Waals surface area contributed by atoms with Gasteiger partial charge in [-0.25, -0.2) is 0 Å². The topological polar surface area (TPSA) is 17.1 Å². The molecule has 0 bridgehead atoms. The Kier molecular flexibility index (Phi) is 4.05. The van der Waals surface area contributed by atoms with Gasteiger partial charge in [0.15, 0.2) is 5.78 Å². The SMILES string of the molecule is CC(=O)/C(=C\c1cc(C)ccc1C)C(C)C. The van der Waals surface area contributed by atoms with Gasteiger partial charge in [-0.1, -0.05) is 37.6 Å². The summed E-state index contributed by atoms with van der Waals surface area (Å²) in [5.74, 6) is 0.438. The van der Waals surface area contributed by atoms with Gasteiger partial charge >= 0.3 is 0 Å². The third kappa shape index (κ3) is 3.06. The molecule has 0 radical (unpaired) electrons. The van der Waals surface area contributed by atoms with Crippen LogP contribution in [0.1, 0.15) is 37.5 Å². The molecule has 16 heavy (non-hydrogen) atoms. The van der Waals surface area contributed by atoms with E-state index in [2.05, 4.69) is 45.9 Å². The minimum Gasteiger partial charge on any atom is -0.295 e. The molecular formula is C15H20O. The molecule has 0 amide bonds. The molecule has 1 rings (SSSR count). The van der Waals surface area contributed by atoms with E-state index in [4.69, 9.17) is 0 Å². The van der Waals surface area contributed by atoms with Gasteiger partial charge in [0.1, 0.15) is 0 Å². The quantitative estimate of drug-likeness (QED) is 0.700. The summed E-state index contributed by atoms with van der Waals surface area (Å²) in [5.41, 5.74) is 4.49. The molecule has 0 spiro atoms. The fraction of sp³-hybridized carbons (Fsp3) is 0.400. The third-order valence-electron chi connectivity index (χ3n) is 2.77. The number of Topliss-reactive ketones (excluding diaryl/α,β-unsaturated/α-hetero) is 1. The van der Waals surface area contributed by atoms with Crippen molar-refractivity contribution in [2.24, 2.45) is 5.92 Å². The van der Waals surface area contributed by atoms with Gasteiger partial charge in [0.25, 0.3) is 0 Å². The Hall–Kier alpha value is -1.37. The minimum atomic E-state index is 0.163. The normalized spacial score (nSPS) is 12.0. The predicted octanol–water partition coefficient (Wildman–Crippen LogP) is 3.93. The van der Waals surface area contributed by atoms with Gasteiger partial charge in [-0.3, -0.25) is 4.79 Å². The Morgan fingerprint density at radius 2 is 1.88 bits per heavy atom. The van der Waals surface area contributed by atoms with Crippen molar-refractivity contribution in [2.75, 3.05) is 0 Å². The summed E-state index contributed by atoms with van der Waals surface area (Å²) in [6.07, 6.45) is 2.02. The van der Waals surface area contributed by atoms with Crippen LogP contribution < -0.4 is 0 Å². The van der Waals surface area contributed by atoms with Crippen LogP contribution >= 0.6 is 0 Å². The molecule has 0 unspecified atom stereocenters. The average molecular weight is 216 g/mol. The summed E-state index contributed by atoms with van der Waals surface area (Å²) in [6.45, 7) is 9.89. The molecule has 1 aromatic carbocycles. The number of carbonyl (C=O) groups excluding carboxylic acids is 1. The molecule has 0 saturated heterocycles. The molecule has 0 aliphatic heterocycles. The van der Waals surface area contributed by atoms with Gasteiger partial charge < -0.3 is 0 Å². The van der Waals surface area contributed by atoms with Crippen molar-refractivity contribution < 1.29 is 4.79 Å². The second-order valence-corrected chi connectivity index (χ2v) is 4.67. The third-order valence-corrected chi connectivity index (χ3v) is 2.77. The first-order chi connectivity index (χ1) is 7.41. The lowest BCUT2D eigenvalue weighted by molar-refractivity contribution is -0.113. The second kappa shape index (κ2) is 5.11. The van der Waals surface area contributed by atoms with Gasteiger partial charge in [-0.2, -0.15) is 0 Å². The van der Waals surface area contributed by atoms with E-state index >= 15 is 0 Å². The molecule has 0 heterocycles. The van der Waals surface area contributed by atoms with Crippen LogP contribution in [0.4, 0.5) is 0 Å². The predicted molar refractivity (Wildman–Crippen MR) is 69.4 cm³/mol. The van der Waals surface area contributed by atoms with Gasteiger partial charge in [0.2, 0.25) is 0 Å². The van der Waals surface area contributed by atoms with E-state index in [-0.39, 0.29) is 11.7 Å². The van der Waals surface area contributed by atoms with Crippen molar-refractivity contribution in [1.29, 1.82) is 0 Å². The lowest BCUT2D eigenvalue weighted by Gasteiger charge is -2.09. The van der Waals surface area contributed by atoms with Gasteiger partial charge in [-0.05, 0) is 49.5 Å². The van der Waals surface area contributed by atoms with Crippen molar-refractivity contribution in [1.82, 2.24) is 0 Å². The highest BCUT2D eigenvalue weighted by molar-refractivity contribution is 5.98. The van der Waals surface area contributed by atoms with E-state index in [0.717, 1.165) is 11.1 Å². The highest BCUT2D eigenvalue weighted by atomic mass is 16.1. The van der Waals surface area contributed by atoms with Crippen LogP contribution in [0.3, 0.4) is 0 Å². The number of benzene rings is 1. The number of carbonyl (C=O) groups is 1. The highest BCUT2D eigenvalue weighted by Gasteiger charge is 2.09.